The molecule has 0 bridgehead atoms. The number of hydrogen-bond acceptors (Lipinski definition) is 2. The van der Waals surface area contributed by atoms with Gasteiger partial charge in [-0.25, -0.2) is 0 Å². The minimum Gasteiger partial charge on any atom is -0.343 e. The molecule has 4 heteroatoms. The standard InChI is InChI=1S/C20H32N2O.ClH/c1-15-7-9-18(10-8-15)13-17(3)22(4)20(23)12-16(2)19-6-5-11-21-14-19;/h7-10,16-17,19,21H,5-6,11-14H2,1-4H3;1H. The molecule has 1 aromatic carbocycles. The Morgan fingerprint density at radius 3 is 2.54 bits per heavy atom. The molecule has 3 atom stereocenters. The van der Waals surface area contributed by atoms with Crippen molar-refractivity contribution >= 4 is 18.3 Å². The highest BCUT2D eigenvalue weighted by Gasteiger charge is 2.24. The first-order valence-corrected chi connectivity index (χ1v) is 8.99. The number of halogens is 1. The highest BCUT2D eigenvalue weighted by Crippen LogP contribution is 2.23. The Balaban J connectivity index is 0.00000288. The first-order valence-electron chi connectivity index (χ1n) is 8.99. The Kier molecular flexibility index (Phi) is 8.79. The molecule has 1 saturated heterocycles. The second kappa shape index (κ2) is 10.0. The van der Waals surface area contributed by atoms with E-state index in [1.54, 1.807) is 0 Å². The van der Waals surface area contributed by atoms with Crippen molar-refractivity contribution in [3.05, 3.63) is 35.4 Å². The van der Waals surface area contributed by atoms with Crippen molar-refractivity contribution in [1.82, 2.24) is 10.2 Å². The van der Waals surface area contributed by atoms with Gasteiger partial charge in [0.05, 0.1) is 0 Å². The lowest BCUT2D eigenvalue weighted by atomic mass is 9.85. The summed E-state index contributed by atoms with van der Waals surface area (Å²) in [6.07, 6.45) is 4.08. The number of hydrogen-bond donors (Lipinski definition) is 1. The summed E-state index contributed by atoms with van der Waals surface area (Å²) in [5.41, 5.74) is 2.58. The number of amides is 1. The van der Waals surface area contributed by atoms with Crippen LogP contribution in [0.4, 0.5) is 0 Å². The van der Waals surface area contributed by atoms with Crippen LogP contribution in [0.1, 0.15) is 44.2 Å². The molecule has 1 aromatic rings. The maximum atomic E-state index is 12.6. The lowest BCUT2D eigenvalue weighted by molar-refractivity contribution is -0.133. The summed E-state index contributed by atoms with van der Waals surface area (Å²) in [6, 6.07) is 8.85. The van der Waals surface area contributed by atoms with Crippen LogP contribution in [-0.4, -0.2) is 37.0 Å². The van der Waals surface area contributed by atoms with E-state index in [0.29, 0.717) is 18.3 Å². The van der Waals surface area contributed by atoms with E-state index in [1.807, 2.05) is 11.9 Å². The number of nitrogens with one attached hydrogen (secondary N) is 1. The van der Waals surface area contributed by atoms with E-state index in [2.05, 4.69) is 50.4 Å². The summed E-state index contributed by atoms with van der Waals surface area (Å²) in [7, 11) is 1.95. The fraction of sp³-hybridized carbons (Fsp3) is 0.650. The molecule has 1 aliphatic heterocycles. The normalized spacial score (nSPS) is 19.9. The molecule has 3 unspecified atom stereocenters. The number of benzene rings is 1. The predicted octanol–water partition coefficient (Wildman–Crippen LogP) is 3.83. The molecule has 24 heavy (non-hydrogen) atoms. The average Bonchev–Trinajstić information content (AvgIpc) is 2.56. The highest BCUT2D eigenvalue weighted by molar-refractivity contribution is 5.85. The van der Waals surface area contributed by atoms with Crippen LogP contribution in [0.2, 0.25) is 0 Å². The molecule has 2 rings (SSSR count). The SMILES string of the molecule is Cc1ccc(CC(C)N(C)C(=O)CC(C)C2CCCNC2)cc1.Cl. The smallest absolute Gasteiger partial charge is 0.222 e. The molecule has 1 N–H and O–H groups in total. The van der Waals surface area contributed by atoms with E-state index in [4.69, 9.17) is 0 Å². The lowest BCUT2D eigenvalue weighted by Crippen LogP contribution is -2.39. The van der Waals surface area contributed by atoms with E-state index in [-0.39, 0.29) is 24.4 Å². The number of aryl methyl sites for hydroxylation is 1. The minimum absolute atomic E-state index is 0. The van der Waals surface area contributed by atoms with Gasteiger partial charge in [-0.2, -0.15) is 0 Å². The van der Waals surface area contributed by atoms with Gasteiger partial charge in [0.1, 0.15) is 0 Å². The van der Waals surface area contributed by atoms with Crippen LogP contribution in [0.3, 0.4) is 0 Å². The summed E-state index contributed by atoms with van der Waals surface area (Å²) in [5.74, 6) is 1.39. The molecule has 136 valence electrons. The van der Waals surface area contributed by atoms with Gasteiger partial charge in [-0.15, -0.1) is 12.4 Å². The number of carbonyl (C=O) groups excluding carboxylic acids is 1. The zero-order valence-electron chi connectivity index (χ0n) is 15.5. The first-order chi connectivity index (χ1) is 11.0. The van der Waals surface area contributed by atoms with Crippen LogP contribution < -0.4 is 5.32 Å². The summed E-state index contributed by atoms with van der Waals surface area (Å²) in [6.45, 7) is 8.67. The van der Waals surface area contributed by atoms with Crippen molar-refractivity contribution in [2.75, 3.05) is 20.1 Å². The maximum Gasteiger partial charge on any atom is 0.222 e. The van der Waals surface area contributed by atoms with Gasteiger partial charge in [0.25, 0.3) is 0 Å². The lowest BCUT2D eigenvalue weighted by Gasteiger charge is -2.31. The summed E-state index contributed by atoms with van der Waals surface area (Å²) in [5, 5.41) is 3.45. The Labute approximate surface area is 153 Å². The summed E-state index contributed by atoms with van der Waals surface area (Å²) >= 11 is 0. The maximum absolute atomic E-state index is 12.6. The van der Waals surface area contributed by atoms with Crippen molar-refractivity contribution < 1.29 is 4.79 Å². The monoisotopic (exact) mass is 352 g/mol. The van der Waals surface area contributed by atoms with Gasteiger partial charge in [-0.05, 0) is 63.6 Å². The summed E-state index contributed by atoms with van der Waals surface area (Å²) in [4.78, 5) is 14.5. The third kappa shape index (κ3) is 6.10. The Morgan fingerprint density at radius 2 is 1.96 bits per heavy atom. The average molecular weight is 353 g/mol. The van der Waals surface area contributed by atoms with Crippen molar-refractivity contribution in [2.45, 2.75) is 52.5 Å². The number of rotatable bonds is 6. The second-order valence-corrected chi connectivity index (χ2v) is 7.33. The van der Waals surface area contributed by atoms with Gasteiger partial charge < -0.3 is 10.2 Å². The minimum atomic E-state index is 0. The van der Waals surface area contributed by atoms with Gasteiger partial charge in [0.2, 0.25) is 5.91 Å². The van der Waals surface area contributed by atoms with Crippen LogP contribution in [0.5, 0.6) is 0 Å². The number of likely N-dealkylation sites (N-methyl/N-ethyl adjacent to an activating group) is 1. The zero-order chi connectivity index (χ0) is 16.8. The first kappa shape index (κ1) is 21.0. The second-order valence-electron chi connectivity index (χ2n) is 7.33. The number of piperidine rings is 1. The number of nitrogens with zero attached hydrogens (tertiary/aromatic N) is 1. The zero-order valence-corrected chi connectivity index (χ0v) is 16.4. The van der Waals surface area contributed by atoms with Crippen molar-refractivity contribution in [2.24, 2.45) is 11.8 Å². The van der Waals surface area contributed by atoms with Crippen LogP contribution >= 0.6 is 12.4 Å². The van der Waals surface area contributed by atoms with Gasteiger partial charge in [-0.1, -0.05) is 36.8 Å². The van der Waals surface area contributed by atoms with Gasteiger partial charge in [0.15, 0.2) is 0 Å². The Morgan fingerprint density at radius 1 is 1.29 bits per heavy atom. The Bertz CT molecular complexity index is 497. The molecule has 0 spiro atoms. The number of carbonyl (C=O) groups is 1. The molecular formula is C20H33ClN2O. The third-order valence-electron chi connectivity index (χ3n) is 5.34. The molecule has 1 heterocycles. The molecule has 0 aliphatic carbocycles. The molecule has 1 amide bonds. The van der Waals surface area contributed by atoms with Gasteiger partial charge >= 0.3 is 0 Å². The van der Waals surface area contributed by atoms with Gasteiger partial charge in [-0.3, -0.25) is 4.79 Å². The fourth-order valence-corrected chi connectivity index (χ4v) is 3.40. The van der Waals surface area contributed by atoms with Crippen molar-refractivity contribution in [1.29, 1.82) is 0 Å². The van der Waals surface area contributed by atoms with Crippen molar-refractivity contribution in [3.8, 4) is 0 Å². The molecule has 1 fully saturated rings. The molecule has 0 aromatic heterocycles. The largest absolute Gasteiger partial charge is 0.343 e. The third-order valence-corrected chi connectivity index (χ3v) is 5.34. The topological polar surface area (TPSA) is 32.3 Å². The molecular weight excluding hydrogens is 320 g/mol. The van der Waals surface area contributed by atoms with Crippen LogP contribution in [0, 0.1) is 18.8 Å². The van der Waals surface area contributed by atoms with E-state index in [9.17, 15) is 4.79 Å². The van der Waals surface area contributed by atoms with Crippen LogP contribution in [0.25, 0.3) is 0 Å². The Hall–Kier alpha value is -1.06. The van der Waals surface area contributed by atoms with E-state index in [0.717, 1.165) is 19.5 Å². The molecule has 1 aliphatic rings. The van der Waals surface area contributed by atoms with Crippen LogP contribution in [0.15, 0.2) is 24.3 Å². The van der Waals surface area contributed by atoms with E-state index in [1.165, 1.54) is 24.0 Å². The molecule has 0 radical (unpaired) electrons. The van der Waals surface area contributed by atoms with E-state index < -0.39 is 0 Å². The molecule has 3 nitrogen and oxygen atoms in total. The van der Waals surface area contributed by atoms with Gasteiger partial charge in [0, 0.05) is 19.5 Å². The predicted molar refractivity (Wildman–Crippen MR) is 104 cm³/mol. The summed E-state index contributed by atoms with van der Waals surface area (Å²) < 4.78 is 0. The fourth-order valence-electron chi connectivity index (χ4n) is 3.40. The van der Waals surface area contributed by atoms with E-state index >= 15 is 0 Å². The van der Waals surface area contributed by atoms with Crippen molar-refractivity contribution in [3.63, 3.8) is 0 Å². The van der Waals surface area contributed by atoms with Crippen LogP contribution in [-0.2, 0) is 11.2 Å². The highest BCUT2D eigenvalue weighted by atomic mass is 35.5. The quantitative estimate of drug-likeness (QED) is 0.843. The molecule has 0 saturated carbocycles.